The maximum Gasteiger partial charge on any atom is 0.256 e. The lowest BCUT2D eigenvalue weighted by Crippen LogP contribution is -2.12. The highest BCUT2D eigenvalue weighted by Crippen LogP contribution is 2.22. The summed E-state index contributed by atoms with van der Waals surface area (Å²) in [6, 6.07) is 5.58. The molecule has 88 valence electrons. The highest BCUT2D eigenvalue weighted by Gasteiger charge is 2.09. The van der Waals surface area contributed by atoms with E-state index in [1.165, 1.54) is 11.3 Å². The number of aryl methyl sites for hydroxylation is 2. The number of rotatable bonds is 2. The molecule has 0 bridgehead atoms. The molecule has 0 aliphatic heterocycles. The maximum atomic E-state index is 11.9. The topological polar surface area (TPSA) is 55.1 Å². The van der Waals surface area contributed by atoms with Crippen LogP contribution in [0.3, 0.4) is 0 Å². The Balaban J connectivity index is 2.25. The van der Waals surface area contributed by atoms with Crippen molar-refractivity contribution in [3.05, 3.63) is 45.6 Å². The fourth-order valence-corrected chi connectivity index (χ4v) is 2.20. The molecule has 0 atom stereocenters. The Bertz CT molecular complexity index is 547. The summed E-state index contributed by atoms with van der Waals surface area (Å²) < 4.78 is 0. The highest BCUT2D eigenvalue weighted by molar-refractivity contribution is 7.08. The highest BCUT2D eigenvalue weighted by atomic mass is 32.1. The number of nitrogens with one attached hydrogen (secondary N) is 1. The van der Waals surface area contributed by atoms with Gasteiger partial charge in [-0.15, -0.1) is 0 Å². The number of thiophene rings is 1. The molecule has 0 unspecified atom stereocenters. The molecule has 1 amide bonds. The molecule has 0 aliphatic carbocycles. The van der Waals surface area contributed by atoms with Crippen LogP contribution in [0.15, 0.2) is 29.0 Å². The summed E-state index contributed by atoms with van der Waals surface area (Å²) in [7, 11) is 0. The largest absolute Gasteiger partial charge is 0.399 e. The third-order valence-electron chi connectivity index (χ3n) is 2.64. The van der Waals surface area contributed by atoms with Crippen LogP contribution < -0.4 is 11.1 Å². The first-order valence-corrected chi connectivity index (χ1v) is 6.22. The summed E-state index contributed by atoms with van der Waals surface area (Å²) in [4.78, 5) is 11.9. The van der Waals surface area contributed by atoms with Gasteiger partial charge >= 0.3 is 0 Å². The standard InChI is InChI=1S/C13H14N2OS/c1-8-6-12(9(2)5-11(8)14)15-13(16)10-3-4-17-7-10/h3-7H,14H2,1-2H3,(H,15,16). The van der Waals surface area contributed by atoms with Crippen molar-refractivity contribution >= 4 is 28.6 Å². The smallest absolute Gasteiger partial charge is 0.256 e. The van der Waals surface area contributed by atoms with Crippen LogP contribution in [0.2, 0.25) is 0 Å². The fraction of sp³-hybridized carbons (Fsp3) is 0.154. The first-order valence-electron chi connectivity index (χ1n) is 5.28. The van der Waals surface area contributed by atoms with Crippen molar-refractivity contribution in [2.24, 2.45) is 0 Å². The van der Waals surface area contributed by atoms with Crippen molar-refractivity contribution in [2.75, 3.05) is 11.1 Å². The van der Waals surface area contributed by atoms with Crippen molar-refractivity contribution in [3.8, 4) is 0 Å². The minimum absolute atomic E-state index is 0.0847. The van der Waals surface area contributed by atoms with E-state index in [2.05, 4.69) is 5.32 Å². The third kappa shape index (κ3) is 2.47. The summed E-state index contributed by atoms with van der Waals surface area (Å²) >= 11 is 1.51. The Morgan fingerprint density at radius 1 is 1.29 bits per heavy atom. The minimum Gasteiger partial charge on any atom is -0.399 e. The fourth-order valence-electron chi connectivity index (χ4n) is 1.56. The van der Waals surface area contributed by atoms with Gasteiger partial charge in [-0.1, -0.05) is 0 Å². The Hall–Kier alpha value is -1.81. The number of nitrogens with two attached hydrogens (primary N) is 1. The average molecular weight is 246 g/mol. The predicted octanol–water partition coefficient (Wildman–Crippen LogP) is 3.20. The molecule has 0 spiro atoms. The zero-order valence-electron chi connectivity index (χ0n) is 9.78. The first-order chi connectivity index (χ1) is 8.08. The average Bonchev–Trinajstić information content (AvgIpc) is 2.79. The number of amides is 1. The SMILES string of the molecule is Cc1cc(NC(=O)c2ccsc2)c(C)cc1N. The van der Waals surface area contributed by atoms with Crippen molar-refractivity contribution in [1.29, 1.82) is 0 Å². The van der Waals surface area contributed by atoms with Crippen molar-refractivity contribution in [3.63, 3.8) is 0 Å². The number of anilines is 2. The molecule has 1 aromatic carbocycles. The van der Waals surface area contributed by atoms with Gasteiger partial charge in [0, 0.05) is 16.8 Å². The van der Waals surface area contributed by atoms with E-state index < -0.39 is 0 Å². The number of carbonyl (C=O) groups is 1. The van der Waals surface area contributed by atoms with Gasteiger partial charge < -0.3 is 11.1 Å². The van der Waals surface area contributed by atoms with Crippen molar-refractivity contribution in [2.45, 2.75) is 13.8 Å². The van der Waals surface area contributed by atoms with Crippen LogP contribution in [0.1, 0.15) is 21.5 Å². The molecule has 0 aliphatic rings. The molecule has 17 heavy (non-hydrogen) atoms. The first kappa shape index (κ1) is 11.7. The molecule has 0 fully saturated rings. The number of benzene rings is 1. The third-order valence-corrected chi connectivity index (χ3v) is 3.33. The Kier molecular flexibility index (Phi) is 3.15. The second-order valence-corrected chi connectivity index (χ2v) is 4.77. The molecular formula is C13H14N2OS. The molecule has 1 aromatic heterocycles. The van der Waals surface area contributed by atoms with Gasteiger partial charge in [0.2, 0.25) is 0 Å². The molecule has 3 nitrogen and oxygen atoms in total. The molecule has 3 N–H and O–H groups in total. The van der Waals surface area contributed by atoms with E-state index in [9.17, 15) is 4.79 Å². The van der Waals surface area contributed by atoms with E-state index in [1.54, 1.807) is 6.07 Å². The van der Waals surface area contributed by atoms with Crippen LogP contribution >= 0.6 is 11.3 Å². The normalized spacial score (nSPS) is 10.2. The molecule has 0 radical (unpaired) electrons. The van der Waals surface area contributed by atoms with Gasteiger partial charge in [0.15, 0.2) is 0 Å². The molecular weight excluding hydrogens is 232 g/mol. The van der Waals surface area contributed by atoms with Gasteiger partial charge in [-0.25, -0.2) is 0 Å². The summed E-state index contributed by atoms with van der Waals surface area (Å²) in [5, 5.41) is 6.61. The van der Waals surface area contributed by atoms with E-state index in [4.69, 9.17) is 5.73 Å². The van der Waals surface area contributed by atoms with Crippen LogP contribution in [-0.2, 0) is 0 Å². The maximum absolute atomic E-state index is 11.9. The van der Waals surface area contributed by atoms with Gasteiger partial charge in [-0.3, -0.25) is 4.79 Å². The molecule has 4 heteroatoms. The van der Waals surface area contributed by atoms with Crippen LogP contribution in [0.25, 0.3) is 0 Å². The lowest BCUT2D eigenvalue weighted by Gasteiger charge is -2.10. The monoisotopic (exact) mass is 246 g/mol. The quantitative estimate of drug-likeness (QED) is 0.799. The second-order valence-electron chi connectivity index (χ2n) is 3.99. The van der Waals surface area contributed by atoms with Crippen LogP contribution in [0.4, 0.5) is 11.4 Å². The van der Waals surface area contributed by atoms with Gasteiger partial charge in [0.25, 0.3) is 5.91 Å². The number of hydrogen-bond donors (Lipinski definition) is 2. The van der Waals surface area contributed by atoms with E-state index in [0.29, 0.717) is 5.56 Å². The number of nitrogen functional groups attached to an aromatic ring is 1. The minimum atomic E-state index is -0.0847. The second kappa shape index (κ2) is 4.59. The lowest BCUT2D eigenvalue weighted by molar-refractivity contribution is 0.102. The van der Waals surface area contributed by atoms with Crippen LogP contribution in [0, 0.1) is 13.8 Å². The van der Waals surface area contributed by atoms with E-state index in [1.807, 2.05) is 36.7 Å². The summed E-state index contributed by atoms with van der Waals surface area (Å²) in [5.41, 5.74) is 9.99. The summed E-state index contributed by atoms with van der Waals surface area (Å²) in [5.74, 6) is -0.0847. The van der Waals surface area contributed by atoms with Crippen molar-refractivity contribution in [1.82, 2.24) is 0 Å². The zero-order valence-corrected chi connectivity index (χ0v) is 10.6. The van der Waals surface area contributed by atoms with Crippen LogP contribution in [-0.4, -0.2) is 5.91 Å². The summed E-state index contributed by atoms with van der Waals surface area (Å²) in [6.07, 6.45) is 0. The lowest BCUT2D eigenvalue weighted by atomic mass is 10.1. The van der Waals surface area contributed by atoms with E-state index >= 15 is 0 Å². The number of carbonyl (C=O) groups excluding carboxylic acids is 1. The molecule has 2 aromatic rings. The van der Waals surface area contributed by atoms with E-state index in [-0.39, 0.29) is 5.91 Å². The summed E-state index contributed by atoms with van der Waals surface area (Å²) in [6.45, 7) is 3.86. The van der Waals surface area contributed by atoms with Gasteiger partial charge in [0.1, 0.15) is 0 Å². The molecule has 1 heterocycles. The zero-order chi connectivity index (χ0) is 12.4. The molecule has 0 saturated heterocycles. The van der Waals surface area contributed by atoms with Crippen LogP contribution in [0.5, 0.6) is 0 Å². The van der Waals surface area contributed by atoms with Gasteiger partial charge in [0.05, 0.1) is 5.56 Å². The van der Waals surface area contributed by atoms with Gasteiger partial charge in [-0.2, -0.15) is 11.3 Å². The Morgan fingerprint density at radius 2 is 2.06 bits per heavy atom. The number of hydrogen-bond acceptors (Lipinski definition) is 3. The Morgan fingerprint density at radius 3 is 2.71 bits per heavy atom. The molecule has 2 rings (SSSR count). The van der Waals surface area contributed by atoms with Crippen molar-refractivity contribution < 1.29 is 4.79 Å². The predicted molar refractivity (Wildman–Crippen MR) is 72.6 cm³/mol. The van der Waals surface area contributed by atoms with Gasteiger partial charge in [-0.05, 0) is 48.6 Å². The molecule has 0 saturated carbocycles. The Labute approximate surface area is 104 Å². The van der Waals surface area contributed by atoms with E-state index in [0.717, 1.165) is 22.5 Å².